The Kier molecular flexibility index (Phi) is 6.35. The molecular formula is C52H32. The van der Waals surface area contributed by atoms with E-state index in [1.807, 2.05) is 0 Å². The summed E-state index contributed by atoms with van der Waals surface area (Å²) in [6.07, 6.45) is 0. The molecule has 0 amide bonds. The van der Waals surface area contributed by atoms with Crippen LogP contribution in [0.1, 0.15) is 0 Å². The van der Waals surface area contributed by atoms with Gasteiger partial charge in [-0.15, -0.1) is 0 Å². The molecule has 0 atom stereocenters. The second kappa shape index (κ2) is 11.4. The van der Waals surface area contributed by atoms with Gasteiger partial charge in [0.25, 0.3) is 0 Å². The summed E-state index contributed by atoms with van der Waals surface area (Å²) < 4.78 is 0. The second-order valence-corrected chi connectivity index (χ2v) is 14.1. The quantitative estimate of drug-likeness (QED) is 0.166. The molecule has 0 radical (unpaired) electrons. The molecule has 11 aromatic carbocycles. The highest BCUT2D eigenvalue weighted by Gasteiger charge is 2.14. The molecule has 0 saturated carbocycles. The summed E-state index contributed by atoms with van der Waals surface area (Å²) >= 11 is 0. The van der Waals surface area contributed by atoms with E-state index >= 15 is 0 Å². The van der Waals surface area contributed by atoms with Crippen molar-refractivity contribution < 1.29 is 0 Å². The molecule has 0 bridgehead atoms. The highest BCUT2D eigenvalue weighted by molar-refractivity contribution is 6.24. The zero-order chi connectivity index (χ0) is 34.2. The highest BCUT2D eigenvalue weighted by Crippen LogP contribution is 2.41. The van der Waals surface area contributed by atoms with Crippen molar-refractivity contribution in [3.05, 3.63) is 194 Å². The lowest BCUT2D eigenvalue weighted by molar-refractivity contribution is 1.62. The van der Waals surface area contributed by atoms with Crippen molar-refractivity contribution in [1.29, 1.82) is 0 Å². The summed E-state index contributed by atoms with van der Waals surface area (Å²) in [4.78, 5) is 0. The van der Waals surface area contributed by atoms with E-state index in [9.17, 15) is 0 Å². The molecule has 11 rings (SSSR count). The van der Waals surface area contributed by atoms with Gasteiger partial charge in [0, 0.05) is 0 Å². The molecule has 0 aromatic heterocycles. The van der Waals surface area contributed by atoms with Gasteiger partial charge >= 0.3 is 0 Å². The molecule has 0 unspecified atom stereocenters. The molecule has 0 spiro atoms. The topological polar surface area (TPSA) is 0 Å². The molecule has 0 heterocycles. The molecule has 52 heavy (non-hydrogen) atoms. The van der Waals surface area contributed by atoms with Gasteiger partial charge in [-0.25, -0.2) is 0 Å². The largest absolute Gasteiger partial charge is 0.0616 e. The van der Waals surface area contributed by atoms with Crippen LogP contribution in [0.25, 0.3) is 109 Å². The molecule has 0 saturated heterocycles. The van der Waals surface area contributed by atoms with Crippen LogP contribution in [0.3, 0.4) is 0 Å². The first-order valence-corrected chi connectivity index (χ1v) is 18.1. The van der Waals surface area contributed by atoms with Gasteiger partial charge in [0.15, 0.2) is 0 Å². The fourth-order valence-corrected chi connectivity index (χ4v) is 8.69. The number of benzene rings is 11. The van der Waals surface area contributed by atoms with Gasteiger partial charge in [0.05, 0.1) is 0 Å². The first-order chi connectivity index (χ1) is 25.8. The van der Waals surface area contributed by atoms with Crippen LogP contribution in [0.15, 0.2) is 194 Å². The minimum atomic E-state index is 1.22. The van der Waals surface area contributed by atoms with Crippen molar-refractivity contribution in [1.82, 2.24) is 0 Å². The van der Waals surface area contributed by atoms with Crippen molar-refractivity contribution in [2.45, 2.75) is 0 Å². The van der Waals surface area contributed by atoms with Crippen molar-refractivity contribution in [2.24, 2.45) is 0 Å². The van der Waals surface area contributed by atoms with Crippen LogP contribution in [0.2, 0.25) is 0 Å². The van der Waals surface area contributed by atoms with Gasteiger partial charge in [0.2, 0.25) is 0 Å². The fraction of sp³-hybridized carbons (Fsp3) is 0. The molecular weight excluding hydrogens is 625 g/mol. The average molecular weight is 657 g/mol. The second-order valence-electron chi connectivity index (χ2n) is 14.1. The number of fused-ring (bicyclic) bond motifs is 11. The molecule has 0 N–H and O–H groups in total. The monoisotopic (exact) mass is 656 g/mol. The number of hydrogen-bond donors (Lipinski definition) is 0. The fourth-order valence-electron chi connectivity index (χ4n) is 8.69. The zero-order valence-electron chi connectivity index (χ0n) is 28.5. The van der Waals surface area contributed by atoms with Crippen LogP contribution in [-0.4, -0.2) is 0 Å². The lowest BCUT2D eigenvalue weighted by Crippen LogP contribution is -1.88. The Morgan fingerprint density at radius 1 is 0.192 bits per heavy atom. The third-order valence-corrected chi connectivity index (χ3v) is 11.2. The summed E-state index contributed by atoms with van der Waals surface area (Å²) in [7, 11) is 0. The molecule has 0 heteroatoms. The summed E-state index contributed by atoms with van der Waals surface area (Å²) in [5.74, 6) is 0. The summed E-state index contributed by atoms with van der Waals surface area (Å²) in [5, 5.41) is 18.0. The van der Waals surface area contributed by atoms with E-state index in [0.29, 0.717) is 0 Å². The van der Waals surface area contributed by atoms with Crippen LogP contribution in [0.5, 0.6) is 0 Å². The van der Waals surface area contributed by atoms with E-state index in [4.69, 9.17) is 0 Å². The van der Waals surface area contributed by atoms with E-state index in [0.717, 1.165) is 0 Å². The molecule has 0 nitrogen and oxygen atoms in total. The smallest absolute Gasteiger partial charge is 0.00264 e. The molecule has 0 aliphatic carbocycles. The Morgan fingerprint density at radius 3 is 1.15 bits per heavy atom. The normalized spacial score (nSPS) is 11.8. The lowest BCUT2D eigenvalue weighted by Gasteiger charge is -2.15. The van der Waals surface area contributed by atoms with Gasteiger partial charge in [-0.2, -0.15) is 0 Å². The Morgan fingerprint density at radius 2 is 0.577 bits per heavy atom. The van der Waals surface area contributed by atoms with Crippen molar-refractivity contribution in [2.75, 3.05) is 0 Å². The Bertz CT molecular complexity index is 3240. The molecule has 0 fully saturated rings. The first kappa shape index (κ1) is 29.0. The maximum absolute atomic E-state index is 2.38. The van der Waals surface area contributed by atoms with Crippen LogP contribution < -0.4 is 0 Å². The van der Waals surface area contributed by atoms with E-state index in [1.54, 1.807) is 0 Å². The summed E-state index contributed by atoms with van der Waals surface area (Å²) in [6.45, 7) is 0. The van der Waals surface area contributed by atoms with Crippen LogP contribution in [0, 0.1) is 0 Å². The minimum absolute atomic E-state index is 1.22. The van der Waals surface area contributed by atoms with E-state index < -0.39 is 0 Å². The minimum Gasteiger partial charge on any atom is -0.0616 e. The van der Waals surface area contributed by atoms with E-state index in [-0.39, 0.29) is 0 Å². The van der Waals surface area contributed by atoms with Crippen LogP contribution in [-0.2, 0) is 0 Å². The summed E-state index contributed by atoms with van der Waals surface area (Å²) in [5.41, 5.74) is 7.45. The van der Waals surface area contributed by atoms with E-state index in [1.165, 1.54) is 109 Å². The SMILES string of the molecule is c1cc(-c2ccc3cc(-c4cc5ccc6ccccc6c5c5ccccc45)ccc3c2)cc(-c2cc3ccc4ccccc4c3c3ccccc23)c1. The van der Waals surface area contributed by atoms with Gasteiger partial charge in [-0.05, 0) is 139 Å². The van der Waals surface area contributed by atoms with E-state index in [2.05, 4.69) is 194 Å². The van der Waals surface area contributed by atoms with Crippen molar-refractivity contribution in [3.63, 3.8) is 0 Å². The number of hydrogen-bond acceptors (Lipinski definition) is 0. The molecule has 240 valence electrons. The predicted octanol–water partition coefficient (Wildman–Crippen LogP) is 14.8. The Labute approximate surface area is 301 Å². The zero-order valence-corrected chi connectivity index (χ0v) is 28.5. The third kappa shape index (κ3) is 4.48. The third-order valence-electron chi connectivity index (χ3n) is 11.2. The van der Waals surface area contributed by atoms with Gasteiger partial charge in [0.1, 0.15) is 0 Å². The van der Waals surface area contributed by atoms with Crippen LogP contribution in [0.4, 0.5) is 0 Å². The Balaban J connectivity index is 1.01. The first-order valence-electron chi connectivity index (χ1n) is 18.1. The maximum Gasteiger partial charge on any atom is -0.00264 e. The van der Waals surface area contributed by atoms with Crippen molar-refractivity contribution >= 4 is 75.4 Å². The standard InChI is InChI=1S/C52H32/c1-3-14-43-33(10-1)20-26-41-31-49(45-16-5-7-18-47(45)51(41)43)39-13-9-12-35(29-39)36-22-23-38-30-40(25-24-37(38)28-36)50-32-42-27-21-34-11-2-4-15-44(34)52(42)48-19-8-6-17-46(48)50/h1-32H. The maximum atomic E-state index is 2.38. The molecule has 11 aromatic rings. The van der Waals surface area contributed by atoms with Gasteiger partial charge < -0.3 is 0 Å². The Hall–Kier alpha value is -6.76. The van der Waals surface area contributed by atoms with Gasteiger partial charge in [-0.1, -0.05) is 164 Å². The molecule has 0 aliphatic rings. The average Bonchev–Trinajstić information content (AvgIpc) is 3.22. The summed E-state index contributed by atoms with van der Waals surface area (Å²) in [6, 6.07) is 71.9. The van der Waals surface area contributed by atoms with Gasteiger partial charge in [-0.3, -0.25) is 0 Å². The predicted molar refractivity (Wildman–Crippen MR) is 225 cm³/mol. The number of rotatable bonds is 3. The lowest BCUT2D eigenvalue weighted by atomic mass is 9.89. The molecule has 0 aliphatic heterocycles. The van der Waals surface area contributed by atoms with Crippen molar-refractivity contribution in [3.8, 4) is 33.4 Å². The van der Waals surface area contributed by atoms with Crippen LogP contribution >= 0.6 is 0 Å². The highest BCUT2D eigenvalue weighted by atomic mass is 14.2.